The number of hydrogen-bond donors (Lipinski definition) is 1. The summed E-state index contributed by atoms with van der Waals surface area (Å²) in [5.74, 6) is -3.63. The number of hydrogen-bond acceptors (Lipinski definition) is 8. The summed E-state index contributed by atoms with van der Waals surface area (Å²) in [5.41, 5.74) is 3.74. The van der Waals surface area contributed by atoms with Crippen LogP contribution in [-0.4, -0.2) is 55.4 Å². The van der Waals surface area contributed by atoms with Crippen LogP contribution in [0.15, 0.2) is 11.0 Å². The molecule has 0 unspecified atom stereocenters. The van der Waals surface area contributed by atoms with Gasteiger partial charge >= 0.3 is 24.0 Å². The van der Waals surface area contributed by atoms with E-state index in [4.69, 9.17) is 15.2 Å². The Morgan fingerprint density at radius 3 is 2.50 bits per heavy atom. The Morgan fingerprint density at radius 2 is 1.94 bits per heavy atom. The largest absolute Gasteiger partial charge is 0.458 e. The average molecular weight is 471 g/mol. The van der Waals surface area contributed by atoms with Crippen LogP contribution in [0.5, 0.6) is 0 Å². The fraction of sp³-hybridized carbons (Fsp3) is 0.562. The predicted molar refractivity (Wildman–Crippen MR) is 92.0 cm³/mol. The summed E-state index contributed by atoms with van der Waals surface area (Å²) in [6.07, 6.45) is -16.6. The lowest BCUT2D eigenvalue weighted by Crippen LogP contribution is -2.35. The summed E-state index contributed by atoms with van der Waals surface area (Å²) >= 11 is 0. The van der Waals surface area contributed by atoms with Gasteiger partial charge in [0, 0.05) is 19.9 Å². The molecule has 0 spiro atoms. The zero-order chi connectivity index (χ0) is 24.0. The van der Waals surface area contributed by atoms with E-state index in [0.29, 0.717) is 9.13 Å². The summed E-state index contributed by atoms with van der Waals surface area (Å²) in [7, 11) is 0. The highest BCUT2D eigenvalue weighted by atomic mass is 19.4. The number of imidazole rings is 1. The van der Waals surface area contributed by atoms with E-state index in [2.05, 4.69) is 9.97 Å². The number of Topliss-reactive ketones (excluding diaryl/α,β-unsaturated/α-hetero) is 1. The molecule has 0 bridgehead atoms. The van der Waals surface area contributed by atoms with E-state index in [0.717, 1.165) is 13.1 Å². The normalized spacial score (nSPS) is 21.8. The van der Waals surface area contributed by atoms with Crippen molar-refractivity contribution in [2.45, 2.75) is 57.1 Å². The first-order valence-corrected chi connectivity index (χ1v) is 8.92. The number of aryl methyl sites for hydroxylation is 1. The number of esters is 1. The fourth-order valence-electron chi connectivity index (χ4n) is 3.29. The number of ether oxygens (including phenoxy) is 2. The SMILES string of the molecule is CC(=O)O[C@@H]1C[C@@H](C(=O)C(F)(F)F)O[C@H]1n1c(=O)n(CCC(F)(F)F)c2cnc(N)nc21. The Bertz CT molecular complexity index is 1110. The second-order valence-corrected chi connectivity index (χ2v) is 6.87. The molecule has 32 heavy (non-hydrogen) atoms. The van der Waals surface area contributed by atoms with Crippen LogP contribution in [0, 0.1) is 0 Å². The molecule has 1 aliphatic rings. The molecule has 3 atom stereocenters. The third kappa shape index (κ3) is 4.68. The molecular formula is C16H15F6N5O5. The van der Waals surface area contributed by atoms with Crippen molar-refractivity contribution in [3.8, 4) is 0 Å². The van der Waals surface area contributed by atoms with Gasteiger partial charge in [-0.1, -0.05) is 0 Å². The fourth-order valence-corrected chi connectivity index (χ4v) is 3.29. The number of fused-ring (bicyclic) bond motifs is 1. The summed E-state index contributed by atoms with van der Waals surface area (Å²) in [6.45, 7) is 0.0699. The van der Waals surface area contributed by atoms with E-state index in [1.807, 2.05) is 0 Å². The van der Waals surface area contributed by atoms with Crippen molar-refractivity contribution in [2.75, 3.05) is 5.73 Å². The first-order valence-electron chi connectivity index (χ1n) is 8.92. The van der Waals surface area contributed by atoms with Crippen LogP contribution in [0.2, 0.25) is 0 Å². The Morgan fingerprint density at radius 1 is 1.28 bits per heavy atom. The van der Waals surface area contributed by atoms with Gasteiger partial charge in [0.15, 0.2) is 11.9 Å². The van der Waals surface area contributed by atoms with E-state index in [1.165, 1.54) is 0 Å². The van der Waals surface area contributed by atoms with E-state index in [-0.39, 0.29) is 11.2 Å². The first kappa shape index (κ1) is 23.5. The highest BCUT2D eigenvalue weighted by Crippen LogP contribution is 2.36. The zero-order valence-corrected chi connectivity index (χ0v) is 16.1. The van der Waals surface area contributed by atoms with Gasteiger partial charge in [0.25, 0.3) is 5.78 Å². The van der Waals surface area contributed by atoms with Gasteiger partial charge < -0.3 is 15.2 Å². The van der Waals surface area contributed by atoms with Crippen LogP contribution in [0.1, 0.15) is 26.0 Å². The van der Waals surface area contributed by atoms with E-state index >= 15 is 0 Å². The number of halogens is 6. The molecule has 1 aliphatic heterocycles. The van der Waals surface area contributed by atoms with Crippen molar-refractivity contribution in [1.82, 2.24) is 19.1 Å². The van der Waals surface area contributed by atoms with Gasteiger partial charge in [0.1, 0.15) is 17.7 Å². The molecule has 0 amide bonds. The van der Waals surface area contributed by atoms with Crippen molar-refractivity contribution in [1.29, 1.82) is 0 Å². The third-order valence-electron chi connectivity index (χ3n) is 4.56. The molecule has 176 valence electrons. The zero-order valence-electron chi connectivity index (χ0n) is 16.1. The number of nitrogens with two attached hydrogens (primary N) is 1. The van der Waals surface area contributed by atoms with Crippen molar-refractivity contribution >= 4 is 28.9 Å². The minimum atomic E-state index is -5.28. The van der Waals surface area contributed by atoms with Crippen LogP contribution in [0.3, 0.4) is 0 Å². The van der Waals surface area contributed by atoms with Gasteiger partial charge in [-0.3, -0.25) is 14.2 Å². The summed E-state index contributed by atoms with van der Waals surface area (Å²) in [5, 5.41) is 0. The van der Waals surface area contributed by atoms with Crippen molar-refractivity contribution in [3.63, 3.8) is 0 Å². The van der Waals surface area contributed by atoms with Gasteiger partial charge in [0.2, 0.25) is 5.95 Å². The number of carbonyl (C=O) groups is 2. The number of rotatable bonds is 5. The molecule has 3 rings (SSSR count). The minimum Gasteiger partial charge on any atom is -0.458 e. The lowest BCUT2D eigenvalue weighted by atomic mass is 10.1. The average Bonchev–Trinajstić information content (AvgIpc) is 3.15. The molecule has 1 saturated heterocycles. The van der Waals surface area contributed by atoms with Gasteiger partial charge in [-0.25, -0.2) is 14.3 Å². The third-order valence-corrected chi connectivity index (χ3v) is 4.56. The summed E-state index contributed by atoms with van der Waals surface area (Å²) in [4.78, 5) is 43.4. The van der Waals surface area contributed by atoms with Gasteiger partial charge in [-0.15, -0.1) is 0 Å². The van der Waals surface area contributed by atoms with Crippen LogP contribution >= 0.6 is 0 Å². The molecule has 2 aromatic rings. The number of nitrogens with zero attached hydrogens (tertiary/aromatic N) is 4. The highest BCUT2D eigenvalue weighted by molar-refractivity contribution is 5.88. The molecule has 0 aromatic carbocycles. The van der Waals surface area contributed by atoms with Gasteiger partial charge in [-0.2, -0.15) is 31.3 Å². The van der Waals surface area contributed by atoms with Crippen molar-refractivity contribution in [3.05, 3.63) is 16.7 Å². The lowest BCUT2D eigenvalue weighted by molar-refractivity contribution is -0.183. The second-order valence-electron chi connectivity index (χ2n) is 6.87. The number of aromatic nitrogens is 4. The second kappa shape index (κ2) is 8.07. The maximum absolute atomic E-state index is 12.9. The molecule has 0 aliphatic carbocycles. The summed E-state index contributed by atoms with van der Waals surface area (Å²) < 4.78 is 88.0. The Kier molecular flexibility index (Phi) is 5.92. The van der Waals surface area contributed by atoms with E-state index in [1.54, 1.807) is 0 Å². The maximum Gasteiger partial charge on any atom is 0.452 e. The molecule has 3 heterocycles. The summed E-state index contributed by atoms with van der Waals surface area (Å²) in [6, 6.07) is 0. The molecule has 2 N–H and O–H groups in total. The van der Waals surface area contributed by atoms with Crippen molar-refractivity contribution < 1.29 is 45.4 Å². The smallest absolute Gasteiger partial charge is 0.452 e. The lowest BCUT2D eigenvalue weighted by Gasteiger charge is -2.19. The highest BCUT2D eigenvalue weighted by Gasteiger charge is 2.52. The molecule has 16 heteroatoms. The monoisotopic (exact) mass is 471 g/mol. The number of anilines is 1. The van der Waals surface area contributed by atoms with Crippen LogP contribution in [-0.2, 0) is 25.6 Å². The van der Waals surface area contributed by atoms with E-state index < -0.39 is 73.6 Å². The molecule has 10 nitrogen and oxygen atoms in total. The molecule has 0 saturated carbocycles. The van der Waals surface area contributed by atoms with Crippen LogP contribution < -0.4 is 11.4 Å². The van der Waals surface area contributed by atoms with Gasteiger partial charge in [-0.05, 0) is 0 Å². The van der Waals surface area contributed by atoms with Crippen molar-refractivity contribution in [2.24, 2.45) is 0 Å². The van der Waals surface area contributed by atoms with Gasteiger partial charge in [0.05, 0.1) is 12.6 Å². The number of ketones is 1. The first-order chi connectivity index (χ1) is 14.7. The standard InChI is InChI=1S/C16H15F6N5O5/c1-6(28)31-9-4-8(10(29)16(20,21)22)32-12(9)27-11-7(5-24-13(23)25-11)26(14(27)30)3-2-15(17,18)19/h5,8-9,12H,2-4H2,1H3,(H2,23,24,25)/t8-,9+,12+/m0/s1. The van der Waals surface area contributed by atoms with Crippen LogP contribution in [0.4, 0.5) is 32.3 Å². The molecule has 0 radical (unpaired) electrons. The topological polar surface area (TPSA) is 131 Å². The Labute approximate surface area is 173 Å². The van der Waals surface area contributed by atoms with Crippen LogP contribution in [0.25, 0.3) is 11.2 Å². The molecular weight excluding hydrogens is 456 g/mol. The molecule has 2 aromatic heterocycles. The number of alkyl halides is 6. The maximum atomic E-state index is 12.9. The predicted octanol–water partition coefficient (Wildman–Crippen LogP) is 1.48. The molecule has 1 fully saturated rings. The number of nitrogen functional groups attached to an aromatic ring is 1. The minimum absolute atomic E-state index is 0.218. The number of carbonyl (C=O) groups excluding carboxylic acids is 2. The Hall–Kier alpha value is -3.17. The quantitative estimate of drug-likeness (QED) is 0.513. The van der Waals surface area contributed by atoms with E-state index in [9.17, 15) is 40.7 Å². The Balaban J connectivity index is 2.12.